The maximum Gasteiger partial charge on any atom is 0.271 e. The van der Waals surface area contributed by atoms with Crippen molar-refractivity contribution in [2.45, 2.75) is 90.1 Å². The number of rotatable bonds is 20. The zero-order valence-corrected chi connectivity index (χ0v) is 21.1. The first kappa shape index (κ1) is 29.9. The van der Waals surface area contributed by atoms with Crippen molar-refractivity contribution in [1.29, 1.82) is 0 Å². The summed E-state index contributed by atoms with van der Waals surface area (Å²) < 4.78 is 31.1. The first-order chi connectivity index (χ1) is 15.7. The van der Waals surface area contributed by atoms with Crippen molar-refractivity contribution >= 4 is 21.7 Å². The molecule has 0 bridgehead atoms. The summed E-state index contributed by atoms with van der Waals surface area (Å²) in [6.45, 7) is 2.83. The number of quaternary nitrogens is 1. The molecule has 1 heterocycles. The minimum atomic E-state index is -4.34. The van der Waals surface area contributed by atoms with Crippen molar-refractivity contribution in [2.24, 2.45) is 4.99 Å². The number of allylic oxidation sites excluding steroid dienone is 1. The van der Waals surface area contributed by atoms with Crippen LogP contribution in [-0.2, 0) is 14.9 Å². The third-order valence-corrected chi connectivity index (χ3v) is 7.00. The van der Waals surface area contributed by atoms with Crippen LogP contribution in [0.25, 0.3) is 0 Å². The normalized spacial score (nSPS) is 19.8. The van der Waals surface area contributed by atoms with Crippen LogP contribution in [0.4, 0.5) is 0 Å². The molecule has 0 amide bonds. The zero-order chi connectivity index (χ0) is 24.6. The highest BCUT2D eigenvalue weighted by atomic mass is 32.2. The molecule has 1 aliphatic heterocycles. The zero-order valence-electron chi connectivity index (χ0n) is 20.3. The maximum atomic E-state index is 12.7. The fraction of sp³-hybridized carbons (Fsp3) is 0.833. The number of nitrogens with zero attached hydrogens (tertiary/aromatic N) is 2. The van der Waals surface area contributed by atoms with Crippen molar-refractivity contribution < 1.29 is 32.5 Å². The van der Waals surface area contributed by atoms with E-state index in [0.29, 0.717) is 13.1 Å². The summed E-state index contributed by atoms with van der Waals surface area (Å²) in [5.74, 6) is -0.856. The molecule has 0 saturated carbocycles. The number of amidine groups is 1. The third-order valence-electron chi connectivity index (χ3n) is 6.19. The first-order valence-electron chi connectivity index (χ1n) is 12.6. The number of unbranched alkanes of at least 4 members (excludes halogenated alkanes) is 11. The Balaban J connectivity index is 2.36. The summed E-state index contributed by atoms with van der Waals surface area (Å²) in [6.07, 6.45) is 16.8. The number of carbonyl (C=O) groups excluding carboxylic acids is 1. The molecule has 9 heteroatoms. The first-order valence-corrected chi connectivity index (χ1v) is 14.2. The Bertz CT molecular complexity index is 722. The Kier molecular flexibility index (Phi) is 14.9. The van der Waals surface area contributed by atoms with E-state index in [9.17, 15) is 23.4 Å². The predicted molar refractivity (Wildman–Crippen MR) is 132 cm³/mol. The Morgan fingerprint density at radius 1 is 1.06 bits per heavy atom. The van der Waals surface area contributed by atoms with Gasteiger partial charge in [0.25, 0.3) is 21.7 Å². The van der Waals surface area contributed by atoms with E-state index in [1.807, 2.05) is 6.08 Å². The summed E-state index contributed by atoms with van der Waals surface area (Å²) in [5, 5.41) is 19.6. The molecule has 3 N–H and O–H groups in total. The van der Waals surface area contributed by atoms with E-state index in [1.54, 1.807) is 0 Å². The highest BCUT2D eigenvalue weighted by molar-refractivity contribution is 7.85. The summed E-state index contributed by atoms with van der Waals surface area (Å²) in [7, 11) is -4.34. The van der Waals surface area contributed by atoms with Crippen molar-refractivity contribution in [3.63, 3.8) is 0 Å². The highest BCUT2D eigenvalue weighted by Gasteiger charge is 2.43. The van der Waals surface area contributed by atoms with Gasteiger partial charge in [0.1, 0.15) is 31.5 Å². The predicted octanol–water partition coefficient (Wildman–Crippen LogP) is 3.28. The number of aliphatic imine (C=N–C) groups is 1. The molecule has 0 fully saturated rings. The van der Waals surface area contributed by atoms with Gasteiger partial charge in [-0.25, -0.2) is 4.99 Å². The topological polar surface area (TPSA) is 124 Å². The molecule has 0 radical (unpaired) electrons. The van der Waals surface area contributed by atoms with Gasteiger partial charge in [0.2, 0.25) is 0 Å². The van der Waals surface area contributed by atoms with E-state index in [-0.39, 0.29) is 35.8 Å². The average molecular weight is 490 g/mol. The van der Waals surface area contributed by atoms with Crippen LogP contribution < -0.4 is 0 Å². The fourth-order valence-electron chi connectivity index (χ4n) is 4.48. The summed E-state index contributed by atoms with van der Waals surface area (Å²) in [6, 6.07) is 0. The molecular weight excluding hydrogens is 444 g/mol. The minimum Gasteiger partial charge on any atom is -0.390 e. The Morgan fingerprint density at radius 3 is 2.18 bits per heavy atom. The van der Waals surface area contributed by atoms with Crippen LogP contribution in [0.3, 0.4) is 0 Å². The lowest BCUT2D eigenvalue weighted by molar-refractivity contribution is -0.837. The molecule has 0 aliphatic carbocycles. The van der Waals surface area contributed by atoms with Crippen LogP contribution in [0.1, 0.15) is 84.0 Å². The molecule has 33 heavy (non-hydrogen) atoms. The van der Waals surface area contributed by atoms with E-state index in [1.165, 1.54) is 63.9 Å². The second-order valence-corrected chi connectivity index (χ2v) is 10.7. The molecule has 2 unspecified atom stereocenters. The van der Waals surface area contributed by atoms with Gasteiger partial charge in [-0.15, -0.1) is 0 Å². The van der Waals surface area contributed by atoms with E-state index in [2.05, 4.69) is 11.9 Å². The van der Waals surface area contributed by atoms with Crippen LogP contribution in [0, 0.1) is 0 Å². The van der Waals surface area contributed by atoms with Crippen molar-refractivity contribution in [3.05, 3.63) is 12.2 Å². The molecule has 1 aliphatic rings. The number of hydrogen-bond acceptors (Lipinski definition) is 6. The van der Waals surface area contributed by atoms with Gasteiger partial charge in [-0.1, -0.05) is 77.2 Å². The Morgan fingerprint density at radius 2 is 1.64 bits per heavy atom. The average Bonchev–Trinajstić information content (AvgIpc) is 3.13. The fourth-order valence-corrected chi connectivity index (χ4v) is 5.08. The summed E-state index contributed by atoms with van der Waals surface area (Å²) in [5.41, 5.74) is 0. The van der Waals surface area contributed by atoms with Gasteiger partial charge in [-0.3, -0.25) is 13.8 Å². The molecule has 0 saturated heterocycles. The molecule has 0 aromatic heterocycles. The van der Waals surface area contributed by atoms with Gasteiger partial charge in [0.15, 0.2) is 0 Å². The highest BCUT2D eigenvalue weighted by Crippen LogP contribution is 2.19. The number of carbonyl (C=O) groups is 1. The van der Waals surface area contributed by atoms with E-state index in [4.69, 9.17) is 4.55 Å². The SMILES string of the molecule is CCCCCCCCCCCCC/C=C/C(=O)C1=NCC[N+]1(CCO)CC(O)CS(=O)(=O)O. The van der Waals surface area contributed by atoms with Crippen molar-refractivity contribution in [1.82, 2.24) is 0 Å². The molecule has 192 valence electrons. The molecule has 1 rings (SSSR count). The van der Waals surface area contributed by atoms with Gasteiger partial charge in [0.05, 0.1) is 13.2 Å². The molecule has 0 spiro atoms. The minimum absolute atomic E-state index is 0.0746. The molecule has 2 atom stereocenters. The maximum absolute atomic E-state index is 12.7. The van der Waals surface area contributed by atoms with Crippen LogP contribution >= 0.6 is 0 Å². The third kappa shape index (κ3) is 12.8. The van der Waals surface area contributed by atoms with Crippen LogP contribution in [0.15, 0.2) is 17.1 Å². The van der Waals surface area contributed by atoms with Crippen LogP contribution in [0.2, 0.25) is 0 Å². The Hall–Kier alpha value is -1.13. The lowest BCUT2D eigenvalue weighted by Gasteiger charge is -2.34. The van der Waals surface area contributed by atoms with Gasteiger partial charge < -0.3 is 10.2 Å². The monoisotopic (exact) mass is 489 g/mol. The summed E-state index contributed by atoms with van der Waals surface area (Å²) in [4.78, 5) is 17.0. The van der Waals surface area contributed by atoms with Crippen LogP contribution in [0.5, 0.6) is 0 Å². The quantitative estimate of drug-likeness (QED) is 0.104. The number of ketones is 1. The lowest BCUT2D eigenvalue weighted by Crippen LogP contribution is -2.58. The molecule has 8 nitrogen and oxygen atoms in total. The smallest absolute Gasteiger partial charge is 0.271 e. The van der Waals surface area contributed by atoms with Crippen molar-refractivity contribution in [2.75, 3.05) is 38.5 Å². The van der Waals surface area contributed by atoms with E-state index < -0.39 is 22.0 Å². The number of hydrogen-bond donors (Lipinski definition) is 3. The van der Waals surface area contributed by atoms with Gasteiger partial charge in [-0.05, 0) is 18.9 Å². The van der Waals surface area contributed by atoms with Gasteiger partial charge >= 0.3 is 0 Å². The van der Waals surface area contributed by atoms with E-state index >= 15 is 0 Å². The number of aliphatic hydroxyl groups excluding tert-OH is 2. The van der Waals surface area contributed by atoms with Gasteiger partial charge in [-0.2, -0.15) is 8.42 Å². The Labute approximate surface area is 200 Å². The second-order valence-electron chi connectivity index (χ2n) is 9.20. The standard InChI is InChI=1S/C24H44N2O6S/c1-2-3-4-5-6-7-8-9-10-11-12-13-14-15-23(29)24-25-16-17-26(24,18-19-27)20-22(28)21-33(30,31)32/h14-15,22,27-28H,2-13,16-21H2,1H3/p+1/b15-14+. The lowest BCUT2D eigenvalue weighted by atomic mass is 10.1. The van der Waals surface area contributed by atoms with Crippen molar-refractivity contribution in [3.8, 4) is 0 Å². The molecule has 0 aromatic carbocycles. The molecule has 0 aromatic rings. The van der Waals surface area contributed by atoms with Crippen LogP contribution in [-0.4, -0.2) is 83.9 Å². The van der Waals surface area contributed by atoms with E-state index in [0.717, 1.165) is 19.3 Å². The number of aliphatic hydroxyl groups is 2. The largest absolute Gasteiger partial charge is 0.390 e. The second kappa shape index (κ2) is 16.5. The summed E-state index contributed by atoms with van der Waals surface area (Å²) >= 11 is 0. The van der Waals surface area contributed by atoms with Gasteiger partial charge in [0, 0.05) is 0 Å². The molecular formula is C24H45N2O6S+.